The van der Waals surface area contributed by atoms with Gasteiger partial charge < -0.3 is 5.11 Å². The molecule has 0 aliphatic heterocycles. The SMILES string of the molecule is O=C(O)/C=C/c1cc2cc(F)ccc2nc1Cl. The van der Waals surface area contributed by atoms with Gasteiger partial charge in [0.25, 0.3) is 0 Å². The average Bonchev–Trinajstić information content (AvgIpc) is 2.26. The summed E-state index contributed by atoms with van der Waals surface area (Å²) in [7, 11) is 0. The van der Waals surface area contributed by atoms with Gasteiger partial charge in [-0.15, -0.1) is 0 Å². The van der Waals surface area contributed by atoms with Crippen LogP contribution in [0.15, 0.2) is 30.3 Å². The van der Waals surface area contributed by atoms with Crippen LogP contribution in [0.25, 0.3) is 17.0 Å². The molecule has 17 heavy (non-hydrogen) atoms. The van der Waals surface area contributed by atoms with E-state index in [1.54, 1.807) is 6.07 Å². The van der Waals surface area contributed by atoms with Gasteiger partial charge in [-0.1, -0.05) is 11.6 Å². The molecule has 0 amide bonds. The Hall–Kier alpha value is -1.94. The normalized spacial score (nSPS) is 11.2. The second-order valence-electron chi connectivity index (χ2n) is 3.38. The summed E-state index contributed by atoms with van der Waals surface area (Å²) in [6, 6.07) is 5.71. The van der Waals surface area contributed by atoms with Crippen molar-refractivity contribution in [1.29, 1.82) is 0 Å². The van der Waals surface area contributed by atoms with E-state index in [0.29, 0.717) is 16.5 Å². The maximum absolute atomic E-state index is 13.0. The largest absolute Gasteiger partial charge is 0.478 e. The average molecular weight is 252 g/mol. The summed E-state index contributed by atoms with van der Waals surface area (Å²) in [6.45, 7) is 0. The molecular weight excluding hydrogens is 245 g/mol. The lowest BCUT2D eigenvalue weighted by molar-refractivity contribution is -0.131. The van der Waals surface area contributed by atoms with E-state index < -0.39 is 5.97 Å². The van der Waals surface area contributed by atoms with E-state index in [0.717, 1.165) is 6.08 Å². The van der Waals surface area contributed by atoms with Gasteiger partial charge in [0.05, 0.1) is 5.52 Å². The molecule has 86 valence electrons. The molecule has 0 fully saturated rings. The van der Waals surface area contributed by atoms with Crippen molar-refractivity contribution in [2.24, 2.45) is 0 Å². The van der Waals surface area contributed by atoms with E-state index in [-0.39, 0.29) is 11.0 Å². The molecule has 2 rings (SSSR count). The quantitative estimate of drug-likeness (QED) is 0.659. The van der Waals surface area contributed by atoms with Crippen molar-refractivity contribution in [3.05, 3.63) is 46.9 Å². The van der Waals surface area contributed by atoms with Crippen LogP contribution in [0.1, 0.15) is 5.56 Å². The Balaban J connectivity index is 2.57. The van der Waals surface area contributed by atoms with Gasteiger partial charge in [0.1, 0.15) is 11.0 Å². The van der Waals surface area contributed by atoms with Crippen LogP contribution in [0.4, 0.5) is 4.39 Å². The Labute approximate surface area is 101 Å². The molecule has 0 atom stereocenters. The number of nitrogens with zero attached hydrogens (tertiary/aromatic N) is 1. The molecule has 0 spiro atoms. The van der Waals surface area contributed by atoms with Crippen LogP contribution >= 0.6 is 11.6 Å². The summed E-state index contributed by atoms with van der Waals surface area (Å²) in [5, 5.41) is 9.26. The molecule has 0 aliphatic carbocycles. The maximum Gasteiger partial charge on any atom is 0.328 e. The predicted molar refractivity (Wildman–Crippen MR) is 63.4 cm³/mol. The highest BCUT2D eigenvalue weighted by molar-refractivity contribution is 6.31. The highest BCUT2D eigenvalue weighted by atomic mass is 35.5. The number of carboxylic acids is 1. The van der Waals surface area contributed by atoms with Gasteiger partial charge in [-0.2, -0.15) is 0 Å². The van der Waals surface area contributed by atoms with Gasteiger partial charge >= 0.3 is 5.97 Å². The Kier molecular flexibility index (Phi) is 3.06. The molecule has 0 saturated heterocycles. The van der Waals surface area contributed by atoms with Gasteiger partial charge in [-0.25, -0.2) is 14.2 Å². The summed E-state index contributed by atoms with van der Waals surface area (Å²) in [5.41, 5.74) is 0.996. The van der Waals surface area contributed by atoms with Crippen LogP contribution in [-0.4, -0.2) is 16.1 Å². The highest BCUT2D eigenvalue weighted by Crippen LogP contribution is 2.22. The lowest BCUT2D eigenvalue weighted by atomic mass is 10.1. The van der Waals surface area contributed by atoms with Crippen LogP contribution in [0.5, 0.6) is 0 Å². The van der Waals surface area contributed by atoms with Crippen molar-refractivity contribution in [1.82, 2.24) is 4.98 Å². The standard InChI is InChI=1S/C12H7ClFNO2/c13-12-7(1-4-11(16)17)5-8-6-9(14)2-3-10(8)15-12/h1-6H,(H,16,17)/b4-1+. The molecule has 0 radical (unpaired) electrons. The summed E-state index contributed by atoms with van der Waals surface area (Å²) >= 11 is 5.88. The Bertz CT molecular complexity index is 625. The first kappa shape index (κ1) is 11.5. The Morgan fingerprint density at radius 3 is 2.88 bits per heavy atom. The van der Waals surface area contributed by atoms with Crippen molar-refractivity contribution >= 4 is 34.5 Å². The topological polar surface area (TPSA) is 50.2 Å². The molecule has 1 aromatic heterocycles. The third-order valence-electron chi connectivity index (χ3n) is 2.16. The first-order valence-electron chi connectivity index (χ1n) is 4.73. The lowest BCUT2D eigenvalue weighted by Gasteiger charge is -2.02. The number of aromatic nitrogens is 1. The number of rotatable bonds is 2. The van der Waals surface area contributed by atoms with Crippen LogP contribution in [0, 0.1) is 5.82 Å². The molecule has 0 bridgehead atoms. The fourth-order valence-electron chi connectivity index (χ4n) is 1.42. The molecule has 3 nitrogen and oxygen atoms in total. The van der Waals surface area contributed by atoms with E-state index in [9.17, 15) is 9.18 Å². The summed E-state index contributed by atoms with van der Waals surface area (Å²) in [6.07, 6.45) is 2.27. The van der Waals surface area contributed by atoms with Crippen molar-refractivity contribution in [2.45, 2.75) is 0 Å². The van der Waals surface area contributed by atoms with E-state index in [1.807, 2.05) is 0 Å². The van der Waals surface area contributed by atoms with Crippen LogP contribution in [-0.2, 0) is 4.79 Å². The smallest absolute Gasteiger partial charge is 0.328 e. The van der Waals surface area contributed by atoms with E-state index in [1.165, 1.54) is 24.3 Å². The van der Waals surface area contributed by atoms with Crippen LogP contribution in [0.2, 0.25) is 5.15 Å². The molecular formula is C12H7ClFNO2. The lowest BCUT2D eigenvalue weighted by Crippen LogP contribution is -1.89. The van der Waals surface area contributed by atoms with Gasteiger partial charge in [0.15, 0.2) is 0 Å². The Morgan fingerprint density at radius 1 is 1.41 bits per heavy atom. The molecule has 1 heterocycles. The molecule has 2 aromatic rings. The number of aliphatic carboxylic acids is 1. The minimum Gasteiger partial charge on any atom is -0.478 e. The first-order valence-corrected chi connectivity index (χ1v) is 5.11. The van der Waals surface area contributed by atoms with Crippen molar-refractivity contribution in [3.8, 4) is 0 Å². The highest BCUT2D eigenvalue weighted by Gasteiger charge is 2.04. The molecule has 1 N–H and O–H groups in total. The van der Waals surface area contributed by atoms with Crippen molar-refractivity contribution < 1.29 is 14.3 Å². The molecule has 1 aromatic carbocycles. The second kappa shape index (κ2) is 4.51. The monoisotopic (exact) mass is 251 g/mol. The van der Waals surface area contributed by atoms with Gasteiger partial charge in [0.2, 0.25) is 0 Å². The zero-order valence-electron chi connectivity index (χ0n) is 8.52. The van der Waals surface area contributed by atoms with Crippen molar-refractivity contribution in [3.63, 3.8) is 0 Å². The van der Waals surface area contributed by atoms with E-state index >= 15 is 0 Å². The molecule has 5 heteroatoms. The predicted octanol–water partition coefficient (Wildman–Crippen LogP) is 3.13. The number of fused-ring (bicyclic) bond motifs is 1. The second-order valence-corrected chi connectivity index (χ2v) is 3.74. The third kappa shape index (κ3) is 2.60. The number of halogens is 2. The van der Waals surface area contributed by atoms with Crippen LogP contribution < -0.4 is 0 Å². The van der Waals surface area contributed by atoms with E-state index in [4.69, 9.17) is 16.7 Å². The van der Waals surface area contributed by atoms with Crippen LogP contribution in [0.3, 0.4) is 0 Å². The molecule has 0 aliphatic rings. The number of carbonyl (C=O) groups is 1. The minimum absolute atomic E-state index is 0.182. The number of hydrogen-bond acceptors (Lipinski definition) is 2. The molecule has 0 saturated carbocycles. The van der Waals surface area contributed by atoms with E-state index in [2.05, 4.69) is 4.98 Å². The van der Waals surface area contributed by atoms with Gasteiger partial charge in [0, 0.05) is 17.0 Å². The van der Waals surface area contributed by atoms with Gasteiger partial charge in [-0.3, -0.25) is 0 Å². The Morgan fingerprint density at radius 2 is 2.18 bits per heavy atom. The van der Waals surface area contributed by atoms with Gasteiger partial charge in [-0.05, 0) is 30.3 Å². The number of carboxylic acid groups (broad SMARTS) is 1. The number of hydrogen-bond donors (Lipinski definition) is 1. The number of benzene rings is 1. The third-order valence-corrected chi connectivity index (χ3v) is 2.47. The first-order chi connectivity index (χ1) is 8.06. The fourth-order valence-corrected chi connectivity index (χ4v) is 1.63. The van der Waals surface area contributed by atoms with Crippen molar-refractivity contribution in [2.75, 3.05) is 0 Å². The maximum atomic E-state index is 13.0. The minimum atomic E-state index is -1.08. The fraction of sp³-hybridized carbons (Fsp3) is 0. The summed E-state index contributed by atoms with van der Waals surface area (Å²) in [5.74, 6) is -1.46. The summed E-state index contributed by atoms with van der Waals surface area (Å²) in [4.78, 5) is 14.4. The zero-order valence-corrected chi connectivity index (χ0v) is 9.28. The molecule has 0 unspecified atom stereocenters. The number of pyridine rings is 1. The summed E-state index contributed by atoms with van der Waals surface area (Å²) < 4.78 is 13.0. The zero-order chi connectivity index (χ0) is 12.4.